The highest BCUT2D eigenvalue weighted by atomic mass is 16.1. The topological polar surface area (TPSA) is 80.0 Å². The van der Waals surface area contributed by atoms with Gasteiger partial charge in [-0.15, -0.1) is 0 Å². The summed E-state index contributed by atoms with van der Waals surface area (Å²) in [5.74, 6) is 0.885. The molecule has 1 saturated heterocycles. The normalized spacial score (nSPS) is 14.8. The number of ketones is 1. The predicted molar refractivity (Wildman–Crippen MR) is 124 cm³/mol. The molecule has 1 aliphatic rings. The molecule has 0 aliphatic carbocycles. The van der Waals surface area contributed by atoms with E-state index in [4.69, 9.17) is 4.98 Å². The highest BCUT2D eigenvalue weighted by Gasteiger charge is 2.17. The molecule has 0 bridgehead atoms. The van der Waals surface area contributed by atoms with Crippen LogP contribution in [0.5, 0.6) is 0 Å². The number of Topliss-reactive ketones (excluding diaryl/α,β-unsaturated/α-hetero) is 1. The van der Waals surface area contributed by atoms with Crippen LogP contribution in [-0.4, -0.2) is 68.4 Å². The Bertz CT molecular complexity index is 1270. The van der Waals surface area contributed by atoms with E-state index < -0.39 is 0 Å². The van der Waals surface area contributed by atoms with Crippen molar-refractivity contribution in [3.05, 3.63) is 66.5 Å². The van der Waals surface area contributed by atoms with Gasteiger partial charge in [0.05, 0.1) is 41.5 Å². The van der Waals surface area contributed by atoms with Gasteiger partial charge in [0.15, 0.2) is 5.78 Å². The van der Waals surface area contributed by atoms with Crippen LogP contribution in [-0.2, 0) is 13.5 Å². The Balaban J connectivity index is 1.36. The van der Waals surface area contributed by atoms with Gasteiger partial charge in [0.25, 0.3) is 0 Å². The van der Waals surface area contributed by atoms with Crippen molar-refractivity contribution in [1.29, 1.82) is 0 Å². The van der Waals surface area contributed by atoms with Crippen LogP contribution in [0, 0.1) is 0 Å². The van der Waals surface area contributed by atoms with Gasteiger partial charge in [-0.25, -0.2) is 15.0 Å². The van der Waals surface area contributed by atoms with Crippen LogP contribution in [0.3, 0.4) is 0 Å². The van der Waals surface area contributed by atoms with Crippen molar-refractivity contribution in [2.45, 2.75) is 6.42 Å². The second-order valence-corrected chi connectivity index (χ2v) is 8.25. The predicted octanol–water partition coefficient (Wildman–Crippen LogP) is 2.60. The maximum atomic E-state index is 13.0. The summed E-state index contributed by atoms with van der Waals surface area (Å²) in [7, 11) is 4.06. The summed E-state index contributed by atoms with van der Waals surface area (Å²) in [4.78, 5) is 35.4. The molecule has 5 heterocycles. The van der Waals surface area contributed by atoms with Gasteiger partial charge in [0.1, 0.15) is 5.82 Å². The molecule has 0 amide bonds. The summed E-state index contributed by atoms with van der Waals surface area (Å²) < 4.78 is 1.93. The van der Waals surface area contributed by atoms with Gasteiger partial charge in [0, 0.05) is 56.6 Å². The lowest BCUT2D eigenvalue weighted by Crippen LogP contribution is -2.44. The van der Waals surface area contributed by atoms with Crippen LogP contribution < -0.4 is 4.90 Å². The van der Waals surface area contributed by atoms with Crippen molar-refractivity contribution in [2.75, 3.05) is 38.1 Å². The number of carbonyl (C=O) groups excluding carboxylic acids is 1. The Labute approximate surface area is 186 Å². The van der Waals surface area contributed by atoms with E-state index in [1.807, 2.05) is 35.9 Å². The van der Waals surface area contributed by atoms with E-state index in [-0.39, 0.29) is 12.2 Å². The van der Waals surface area contributed by atoms with E-state index in [1.54, 1.807) is 31.0 Å². The average Bonchev–Trinajstić information content (AvgIpc) is 3.25. The molecular formula is C24H25N7O. The van der Waals surface area contributed by atoms with Gasteiger partial charge in [-0.1, -0.05) is 0 Å². The number of rotatable bonds is 5. The Kier molecular flexibility index (Phi) is 5.36. The molecule has 0 radical (unpaired) electrons. The Morgan fingerprint density at radius 1 is 1.00 bits per heavy atom. The lowest BCUT2D eigenvalue weighted by atomic mass is 10.1. The molecule has 4 aromatic rings. The first-order chi connectivity index (χ1) is 15.6. The number of nitrogens with zero attached hydrogens (tertiary/aromatic N) is 7. The number of hydrogen-bond donors (Lipinski definition) is 0. The van der Waals surface area contributed by atoms with E-state index in [2.05, 4.69) is 31.8 Å². The highest BCUT2D eigenvalue weighted by Crippen LogP contribution is 2.21. The van der Waals surface area contributed by atoms with Crippen LogP contribution >= 0.6 is 0 Å². The number of anilines is 1. The van der Waals surface area contributed by atoms with Gasteiger partial charge in [-0.05, 0) is 37.4 Å². The third-order valence-electron chi connectivity index (χ3n) is 5.95. The van der Waals surface area contributed by atoms with Crippen LogP contribution in [0.25, 0.3) is 22.3 Å². The average molecular weight is 428 g/mol. The minimum Gasteiger partial charge on any atom is -0.354 e. The second-order valence-electron chi connectivity index (χ2n) is 8.25. The van der Waals surface area contributed by atoms with Crippen LogP contribution in [0.1, 0.15) is 16.1 Å². The molecule has 0 unspecified atom stereocenters. The van der Waals surface area contributed by atoms with Crippen LogP contribution in [0.4, 0.5) is 5.82 Å². The van der Waals surface area contributed by atoms with Crippen molar-refractivity contribution < 1.29 is 4.79 Å². The number of carbonyl (C=O) groups is 1. The number of imidazole rings is 1. The van der Waals surface area contributed by atoms with E-state index >= 15 is 0 Å². The molecule has 5 rings (SSSR count). The number of hydrogen-bond acceptors (Lipinski definition) is 7. The lowest BCUT2D eigenvalue weighted by Gasteiger charge is -2.33. The Hall–Kier alpha value is -3.65. The summed E-state index contributed by atoms with van der Waals surface area (Å²) >= 11 is 0. The molecule has 0 aromatic carbocycles. The number of piperazine rings is 1. The number of pyridine rings is 3. The van der Waals surface area contributed by atoms with Crippen molar-refractivity contribution in [3.8, 4) is 11.4 Å². The molecule has 1 fully saturated rings. The third-order valence-corrected chi connectivity index (χ3v) is 5.95. The summed E-state index contributed by atoms with van der Waals surface area (Å²) in [6, 6.07) is 9.53. The zero-order valence-corrected chi connectivity index (χ0v) is 18.3. The van der Waals surface area contributed by atoms with Crippen LogP contribution in [0.15, 0.2) is 55.2 Å². The molecule has 8 nitrogen and oxygen atoms in total. The molecule has 0 N–H and O–H groups in total. The van der Waals surface area contributed by atoms with Crippen LogP contribution in [0.2, 0.25) is 0 Å². The van der Waals surface area contributed by atoms with Crippen molar-refractivity contribution >= 4 is 22.5 Å². The molecule has 0 saturated carbocycles. The minimum atomic E-state index is 0.0254. The molecule has 0 spiro atoms. The fraction of sp³-hybridized carbons (Fsp3) is 0.292. The largest absolute Gasteiger partial charge is 0.354 e. The number of fused-ring (bicyclic) bond motifs is 1. The molecule has 32 heavy (non-hydrogen) atoms. The van der Waals surface area contributed by atoms with Crippen molar-refractivity contribution in [1.82, 2.24) is 29.4 Å². The molecule has 8 heteroatoms. The fourth-order valence-electron chi connectivity index (χ4n) is 3.97. The molecule has 1 aliphatic heterocycles. The smallest absolute Gasteiger partial charge is 0.169 e. The fourth-order valence-corrected chi connectivity index (χ4v) is 3.97. The molecule has 162 valence electrons. The molecule has 4 aromatic heterocycles. The number of likely N-dealkylation sites (N-methyl/N-ethyl adjacent to an activating group) is 1. The SMILES string of the molecule is CN1CCN(c2cc(C(=O)Cc3cc4nc(-c5cncn5C)ccc4cn3)ccn2)CC1. The first-order valence-corrected chi connectivity index (χ1v) is 10.7. The van der Waals surface area contributed by atoms with Gasteiger partial charge in [-0.3, -0.25) is 9.78 Å². The minimum absolute atomic E-state index is 0.0254. The van der Waals surface area contributed by atoms with E-state index in [1.165, 1.54) is 0 Å². The van der Waals surface area contributed by atoms with E-state index in [0.717, 1.165) is 54.3 Å². The standard InChI is InChI=1S/C24H25N7O/c1-29-7-9-31(10-8-29)24-11-17(5-6-26-24)23(32)13-19-12-21-18(14-27-19)3-4-20(28-21)22-15-25-16-30(22)2/h3-6,11-12,14-16H,7-10,13H2,1-2H3. The summed E-state index contributed by atoms with van der Waals surface area (Å²) in [6.07, 6.45) is 7.26. The maximum Gasteiger partial charge on any atom is 0.169 e. The number of aromatic nitrogens is 5. The van der Waals surface area contributed by atoms with E-state index in [0.29, 0.717) is 11.3 Å². The van der Waals surface area contributed by atoms with Gasteiger partial charge < -0.3 is 14.4 Å². The molecular weight excluding hydrogens is 402 g/mol. The first kappa shape index (κ1) is 20.3. The van der Waals surface area contributed by atoms with Gasteiger partial charge in [-0.2, -0.15) is 0 Å². The Morgan fingerprint density at radius 2 is 1.84 bits per heavy atom. The summed E-state index contributed by atoms with van der Waals surface area (Å²) in [6.45, 7) is 3.82. The summed E-state index contributed by atoms with van der Waals surface area (Å²) in [5, 5.41) is 0.938. The molecule has 0 atom stereocenters. The maximum absolute atomic E-state index is 13.0. The quantitative estimate of drug-likeness (QED) is 0.453. The van der Waals surface area contributed by atoms with Crippen molar-refractivity contribution in [3.63, 3.8) is 0 Å². The zero-order chi connectivity index (χ0) is 22.1. The number of aryl methyl sites for hydroxylation is 1. The highest BCUT2D eigenvalue weighted by molar-refractivity contribution is 5.98. The monoisotopic (exact) mass is 427 g/mol. The Morgan fingerprint density at radius 3 is 2.62 bits per heavy atom. The first-order valence-electron chi connectivity index (χ1n) is 10.7. The zero-order valence-electron chi connectivity index (χ0n) is 18.3. The van der Waals surface area contributed by atoms with Crippen molar-refractivity contribution in [2.24, 2.45) is 7.05 Å². The van der Waals surface area contributed by atoms with Gasteiger partial charge >= 0.3 is 0 Å². The lowest BCUT2D eigenvalue weighted by molar-refractivity contribution is 0.0992. The van der Waals surface area contributed by atoms with Gasteiger partial charge in [0.2, 0.25) is 0 Å². The second kappa shape index (κ2) is 8.47. The summed E-state index contributed by atoms with van der Waals surface area (Å²) in [5.41, 5.74) is 3.96. The third kappa shape index (κ3) is 4.09. The van der Waals surface area contributed by atoms with E-state index in [9.17, 15) is 4.79 Å².